The van der Waals surface area contributed by atoms with Gasteiger partial charge in [0.05, 0.1) is 11.5 Å². The van der Waals surface area contributed by atoms with E-state index < -0.39 is 9.84 Å². The molecule has 1 unspecified atom stereocenters. The quantitative estimate of drug-likeness (QED) is 0.829. The maximum Gasteiger partial charge on any atom is 0.224 e. The van der Waals surface area contributed by atoms with Gasteiger partial charge in [0.25, 0.3) is 0 Å². The van der Waals surface area contributed by atoms with Crippen LogP contribution in [0.2, 0.25) is 0 Å². The van der Waals surface area contributed by atoms with E-state index >= 15 is 0 Å². The molecule has 0 radical (unpaired) electrons. The normalized spacial score (nSPS) is 27.2. The summed E-state index contributed by atoms with van der Waals surface area (Å²) in [5, 5.41) is 0. The molecule has 2 rings (SSSR count). The molecule has 0 aromatic rings. The van der Waals surface area contributed by atoms with Crippen molar-refractivity contribution in [2.75, 3.05) is 18.1 Å². The summed E-state index contributed by atoms with van der Waals surface area (Å²) in [6.07, 6.45) is 3.82. The van der Waals surface area contributed by atoms with E-state index in [-0.39, 0.29) is 41.4 Å². The van der Waals surface area contributed by atoms with Crippen LogP contribution >= 0.6 is 12.4 Å². The van der Waals surface area contributed by atoms with Gasteiger partial charge in [0.2, 0.25) is 5.91 Å². The van der Waals surface area contributed by atoms with Crippen LogP contribution in [0.4, 0.5) is 0 Å². The fourth-order valence-electron chi connectivity index (χ4n) is 2.87. The molecule has 1 saturated heterocycles. The number of nitrogens with zero attached hydrogens (tertiary/aromatic N) is 1. The molecule has 0 aromatic carbocycles. The van der Waals surface area contributed by atoms with Crippen LogP contribution in [-0.4, -0.2) is 48.9 Å². The molecule has 0 bridgehead atoms. The second-order valence-corrected chi connectivity index (χ2v) is 7.86. The molecule has 0 spiro atoms. The zero-order valence-corrected chi connectivity index (χ0v) is 12.9. The first-order valence-corrected chi connectivity index (χ1v) is 8.46. The summed E-state index contributed by atoms with van der Waals surface area (Å²) >= 11 is 0. The van der Waals surface area contributed by atoms with Crippen LogP contribution in [-0.2, 0) is 14.6 Å². The summed E-state index contributed by atoms with van der Waals surface area (Å²) < 4.78 is 22.9. The van der Waals surface area contributed by atoms with Crippen LogP contribution in [0.1, 0.15) is 39.0 Å². The van der Waals surface area contributed by atoms with Crippen LogP contribution < -0.4 is 5.73 Å². The Hall–Kier alpha value is -0.330. The van der Waals surface area contributed by atoms with Gasteiger partial charge in [0.15, 0.2) is 9.84 Å². The minimum atomic E-state index is -2.94. The highest BCUT2D eigenvalue weighted by Gasteiger charge is 2.39. The third-order valence-electron chi connectivity index (χ3n) is 4.16. The van der Waals surface area contributed by atoms with E-state index in [1.807, 2.05) is 6.92 Å². The molecule has 1 amide bonds. The van der Waals surface area contributed by atoms with E-state index in [0.29, 0.717) is 19.4 Å². The van der Waals surface area contributed by atoms with Crippen molar-refractivity contribution in [1.29, 1.82) is 0 Å². The van der Waals surface area contributed by atoms with Crippen molar-refractivity contribution in [3.63, 3.8) is 0 Å². The van der Waals surface area contributed by atoms with Crippen LogP contribution in [0.25, 0.3) is 0 Å². The third kappa shape index (κ3) is 3.83. The number of nitrogens with two attached hydrogens (primary N) is 1. The number of halogens is 1. The molecule has 1 aliphatic heterocycles. The predicted octanol–water partition coefficient (Wildman–Crippen LogP) is 0.715. The van der Waals surface area contributed by atoms with Crippen molar-refractivity contribution in [3.8, 4) is 0 Å². The van der Waals surface area contributed by atoms with E-state index in [9.17, 15) is 13.2 Å². The number of rotatable bonds is 4. The molecule has 1 aliphatic carbocycles. The molecule has 1 atom stereocenters. The molecule has 112 valence electrons. The number of carbonyl (C=O) groups is 1. The number of hydrogen-bond donors (Lipinski definition) is 1. The highest BCUT2D eigenvalue weighted by molar-refractivity contribution is 7.91. The lowest BCUT2D eigenvalue weighted by Crippen LogP contribution is -2.52. The molecule has 19 heavy (non-hydrogen) atoms. The molecule has 0 aromatic heterocycles. The molecular weight excluding hydrogens is 288 g/mol. The standard InChI is InChI=1S/C12H22N2O3S.ClH/c1-2-14(10-4-7-18(16,17)9-10)11(15)8-12(13)5-3-6-12;/h10H,2-9,13H2,1H3;1H. The minimum Gasteiger partial charge on any atom is -0.339 e. The summed E-state index contributed by atoms with van der Waals surface area (Å²) in [7, 11) is -2.94. The van der Waals surface area contributed by atoms with Gasteiger partial charge in [-0.1, -0.05) is 0 Å². The maximum absolute atomic E-state index is 12.2. The van der Waals surface area contributed by atoms with Gasteiger partial charge >= 0.3 is 0 Å². The number of hydrogen-bond acceptors (Lipinski definition) is 4. The first kappa shape index (κ1) is 16.7. The van der Waals surface area contributed by atoms with Gasteiger partial charge in [-0.15, -0.1) is 12.4 Å². The van der Waals surface area contributed by atoms with Crippen molar-refractivity contribution >= 4 is 28.2 Å². The first-order valence-electron chi connectivity index (χ1n) is 6.64. The third-order valence-corrected chi connectivity index (χ3v) is 5.91. The lowest BCUT2D eigenvalue weighted by molar-refractivity contribution is -0.134. The molecule has 1 saturated carbocycles. The Balaban J connectivity index is 0.00000180. The van der Waals surface area contributed by atoms with Crippen molar-refractivity contribution in [1.82, 2.24) is 4.90 Å². The van der Waals surface area contributed by atoms with E-state index in [1.165, 1.54) is 0 Å². The van der Waals surface area contributed by atoms with Crippen LogP contribution in [0.3, 0.4) is 0 Å². The van der Waals surface area contributed by atoms with Gasteiger partial charge in [-0.25, -0.2) is 8.42 Å². The van der Waals surface area contributed by atoms with Gasteiger partial charge in [0.1, 0.15) is 0 Å². The maximum atomic E-state index is 12.2. The van der Waals surface area contributed by atoms with E-state index in [1.54, 1.807) is 4.90 Å². The number of amides is 1. The Morgan fingerprint density at radius 2 is 2.05 bits per heavy atom. The van der Waals surface area contributed by atoms with E-state index in [4.69, 9.17) is 5.73 Å². The van der Waals surface area contributed by atoms with Crippen LogP contribution in [0, 0.1) is 0 Å². The molecule has 5 nitrogen and oxygen atoms in total. The van der Waals surface area contributed by atoms with Crippen molar-refractivity contribution in [3.05, 3.63) is 0 Å². The van der Waals surface area contributed by atoms with Gasteiger partial charge in [-0.3, -0.25) is 4.79 Å². The minimum absolute atomic E-state index is 0. The lowest BCUT2D eigenvalue weighted by Gasteiger charge is -2.39. The van der Waals surface area contributed by atoms with Gasteiger partial charge in [-0.05, 0) is 32.6 Å². The van der Waals surface area contributed by atoms with Gasteiger partial charge in [-0.2, -0.15) is 0 Å². The van der Waals surface area contributed by atoms with E-state index in [0.717, 1.165) is 19.3 Å². The molecule has 2 aliphatic rings. The highest BCUT2D eigenvalue weighted by atomic mass is 35.5. The molecule has 2 fully saturated rings. The van der Waals surface area contributed by atoms with Crippen molar-refractivity contribution in [2.24, 2.45) is 5.73 Å². The Morgan fingerprint density at radius 1 is 1.42 bits per heavy atom. The molecule has 7 heteroatoms. The van der Waals surface area contributed by atoms with Crippen LogP contribution in [0.5, 0.6) is 0 Å². The summed E-state index contributed by atoms with van der Waals surface area (Å²) in [6.45, 7) is 2.46. The summed E-state index contributed by atoms with van der Waals surface area (Å²) in [4.78, 5) is 13.9. The summed E-state index contributed by atoms with van der Waals surface area (Å²) in [5.74, 6) is 0.334. The van der Waals surface area contributed by atoms with Crippen LogP contribution in [0.15, 0.2) is 0 Å². The second-order valence-electron chi connectivity index (χ2n) is 5.63. The number of carbonyl (C=O) groups excluding carboxylic acids is 1. The second kappa shape index (κ2) is 5.97. The summed E-state index contributed by atoms with van der Waals surface area (Å²) in [6, 6.07) is -0.142. The van der Waals surface area contributed by atoms with Gasteiger partial charge < -0.3 is 10.6 Å². The topological polar surface area (TPSA) is 80.5 Å². The Labute approximate surface area is 121 Å². The zero-order valence-electron chi connectivity index (χ0n) is 11.3. The molecular formula is C12H23ClN2O3S. The Morgan fingerprint density at radius 3 is 2.42 bits per heavy atom. The first-order chi connectivity index (χ1) is 8.35. The highest BCUT2D eigenvalue weighted by Crippen LogP contribution is 2.33. The SMILES string of the molecule is CCN(C(=O)CC1(N)CCC1)C1CCS(=O)(=O)C1.Cl. The van der Waals surface area contributed by atoms with E-state index in [2.05, 4.69) is 0 Å². The molecule has 2 N–H and O–H groups in total. The smallest absolute Gasteiger partial charge is 0.224 e. The Kier molecular flexibility index (Phi) is 5.26. The van der Waals surface area contributed by atoms with Crippen molar-refractivity contribution in [2.45, 2.75) is 50.6 Å². The summed E-state index contributed by atoms with van der Waals surface area (Å²) in [5.41, 5.74) is 5.75. The fraction of sp³-hybridized carbons (Fsp3) is 0.917. The average Bonchev–Trinajstić information content (AvgIpc) is 2.57. The zero-order chi connectivity index (χ0) is 13.4. The monoisotopic (exact) mass is 310 g/mol. The fourth-order valence-corrected chi connectivity index (χ4v) is 4.60. The average molecular weight is 311 g/mol. The van der Waals surface area contributed by atoms with Gasteiger partial charge in [0, 0.05) is 24.5 Å². The number of sulfone groups is 1. The van der Waals surface area contributed by atoms with Crippen molar-refractivity contribution < 1.29 is 13.2 Å². The Bertz CT molecular complexity index is 434. The predicted molar refractivity (Wildman–Crippen MR) is 77.1 cm³/mol. The molecule has 1 heterocycles. The largest absolute Gasteiger partial charge is 0.339 e. The lowest BCUT2D eigenvalue weighted by atomic mass is 9.75.